The van der Waals surface area contributed by atoms with Gasteiger partial charge >= 0.3 is 0 Å². The summed E-state index contributed by atoms with van der Waals surface area (Å²) < 4.78 is 5.13. The second kappa shape index (κ2) is 6.34. The number of nitrogens with one attached hydrogen (secondary N) is 1. The molecule has 0 bridgehead atoms. The van der Waals surface area contributed by atoms with Gasteiger partial charge in [-0.15, -0.1) is 0 Å². The first-order valence-electron chi connectivity index (χ1n) is 6.04. The average molecular weight is 267 g/mol. The molecule has 1 N–H and O–H groups in total. The Labute approximate surface area is 116 Å². The highest BCUT2D eigenvalue weighted by molar-refractivity contribution is 6.02. The Hall–Kier alpha value is -2.87. The molecule has 2 aromatic rings. The molecule has 5 heteroatoms. The number of benzene rings is 1. The third kappa shape index (κ3) is 3.56. The van der Waals surface area contributed by atoms with Crippen LogP contribution < -0.4 is 10.1 Å². The number of aromatic nitrogens is 1. The molecule has 0 atom stereocenters. The molecule has 2 rings (SSSR count). The maximum Gasteiger partial charge on any atom is 0.274 e. The van der Waals surface area contributed by atoms with Gasteiger partial charge in [0.15, 0.2) is 6.61 Å². The lowest BCUT2D eigenvalue weighted by Gasteiger charge is -2.06. The summed E-state index contributed by atoms with van der Waals surface area (Å²) in [5.74, 6) is 0.317. The summed E-state index contributed by atoms with van der Waals surface area (Å²) in [4.78, 5) is 16.1. The molecule has 0 fully saturated rings. The van der Waals surface area contributed by atoms with Gasteiger partial charge in [-0.1, -0.05) is 6.07 Å². The van der Waals surface area contributed by atoms with Gasteiger partial charge in [-0.25, -0.2) is 4.98 Å². The zero-order valence-corrected chi connectivity index (χ0v) is 11.0. The largest absolute Gasteiger partial charge is 0.479 e. The Morgan fingerprint density at radius 1 is 1.30 bits per heavy atom. The molecular formula is C15H13N3O2. The SMILES string of the molecule is Cc1cccc(C(=O)Nc2ccc(OCC#N)cc2)n1. The van der Waals surface area contributed by atoms with Crippen molar-refractivity contribution >= 4 is 11.6 Å². The van der Waals surface area contributed by atoms with Crippen LogP contribution in [0.5, 0.6) is 5.75 Å². The van der Waals surface area contributed by atoms with E-state index in [-0.39, 0.29) is 12.5 Å². The van der Waals surface area contributed by atoms with E-state index in [0.717, 1.165) is 5.69 Å². The van der Waals surface area contributed by atoms with E-state index in [1.807, 2.05) is 19.1 Å². The van der Waals surface area contributed by atoms with E-state index in [9.17, 15) is 4.79 Å². The van der Waals surface area contributed by atoms with Crippen LogP contribution in [0.25, 0.3) is 0 Å². The first-order chi connectivity index (χ1) is 9.69. The van der Waals surface area contributed by atoms with Crippen molar-refractivity contribution in [2.24, 2.45) is 0 Å². The summed E-state index contributed by atoms with van der Waals surface area (Å²) in [5, 5.41) is 11.2. The van der Waals surface area contributed by atoms with Crippen LogP contribution in [0.1, 0.15) is 16.2 Å². The van der Waals surface area contributed by atoms with Crippen LogP contribution in [0.4, 0.5) is 5.69 Å². The highest BCUT2D eigenvalue weighted by atomic mass is 16.5. The van der Waals surface area contributed by atoms with Crippen molar-refractivity contribution in [1.82, 2.24) is 4.98 Å². The number of ether oxygens (including phenoxy) is 1. The molecule has 20 heavy (non-hydrogen) atoms. The summed E-state index contributed by atoms with van der Waals surface area (Å²) in [7, 11) is 0. The number of nitriles is 1. The van der Waals surface area contributed by atoms with Crippen LogP contribution in [-0.2, 0) is 0 Å². The van der Waals surface area contributed by atoms with Gasteiger partial charge in [0, 0.05) is 11.4 Å². The van der Waals surface area contributed by atoms with Crippen LogP contribution in [0.3, 0.4) is 0 Å². The fourth-order valence-electron chi connectivity index (χ4n) is 1.61. The maximum atomic E-state index is 12.0. The molecule has 100 valence electrons. The van der Waals surface area contributed by atoms with Gasteiger partial charge in [0.1, 0.15) is 17.5 Å². The fraction of sp³-hybridized carbons (Fsp3) is 0.133. The Balaban J connectivity index is 2.03. The predicted octanol–water partition coefficient (Wildman–Crippen LogP) is 2.54. The molecule has 0 radical (unpaired) electrons. The summed E-state index contributed by atoms with van der Waals surface area (Å²) in [6.07, 6.45) is 0. The lowest BCUT2D eigenvalue weighted by Crippen LogP contribution is -2.13. The van der Waals surface area contributed by atoms with Crippen LogP contribution in [-0.4, -0.2) is 17.5 Å². The number of carbonyl (C=O) groups excluding carboxylic acids is 1. The van der Waals surface area contributed by atoms with Gasteiger partial charge in [0.05, 0.1) is 0 Å². The number of anilines is 1. The molecule has 0 saturated heterocycles. The monoisotopic (exact) mass is 267 g/mol. The second-order valence-electron chi connectivity index (χ2n) is 4.09. The highest BCUT2D eigenvalue weighted by Gasteiger charge is 2.07. The fourth-order valence-corrected chi connectivity index (χ4v) is 1.61. The smallest absolute Gasteiger partial charge is 0.274 e. The van der Waals surface area contributed by atoms with Gasteiger partial charge in [0.25, 0.3) is 5.91 Å². The van der Waals surface area contributed by atoms with Gasteiger partial charge in [-0.05, 0) is 43.3 Å². The van der Waals surface area contributed by atoms with E-state index in [4.69, 9.17) is 10.00 Å². The van der Waals surface area contributed by atoms with E-state index < -0.39 is 0 Å². The molecule has 0 spiro atoms. The van der Waals surface area contributed by atoms with E-state index in [2.05, 4.69) is 10.3 Å². The molecule has 0 aliphatic rings. The van der Waals surface area contributed by atoms with Crippen LogP contribution in [0, 0.1) is 18.3 Å². The Morgan fingerprint density at radius 3 is 2.70 bits per heavy atom. The third-order valence-corrected chi connectivity index (χ3v) is 2.54. The summed E-state index contributed by atoms with van der Waals surface area (Å²) >= 11 is 0. The van der Waals surface area contributed by atoms with Crippen molar-refractivity contribution < 1.29 is 9.53 Å². The van der Waals surface area contributed by atoms with Crippen molar-refractivity contribution in [3.8, 4) is 11.8 Å². The molecule has 0 aliphatic heterocycles. The summed E-state index contributed by atoms with van der Waals surface area (Å²) in [6.45, 7) is 1.83. The second-order valence-corrected chi connectivity index (χ2v) is 4.09. The van der Waals surface area contributed by atoms with Gasteiger partial charge in [-0.2, -0.15) is 5.26 Å². The highest BCUT2D eigenvalue weighted by Crippen LogP contribution is 2.16. The normalized spacial score (nSPS) is 9.60. The minimum atomic E-state index is -0.264. The lowest BCUT2D eigenvalue weighted by atomic mass is 10.2. The van der Waals surface area contributed by atoms with E-state index in [1.54, 1.807) is 36.4 Å². The standard InChI is InChI=1S/C15H13N3O2/c1-11-3-2-4-14(17-11)15(19)18-12-5-7-13(8-6-12)20-10-9-16/h2-8H,10H2,1H3,(H,18,19). The van der Waals surface area contributed by atoms with Crippen molar-refractivity contribution in [3.05, 3.63) is 53.9 Å². The van der Waals surface area contributed by atoms with E-state index in [0.29, 0.717) is 17.1 Å². The van der Waals surface area contributed by atoms with Gasteiger partial charge in [0.2, 0.25) is 0 Å². The van der Waals surface area contributed by atoms with Crippen LogP contribution >= 0.6 is 0 Å². The van der Waals surface area contributed by atoms with Crippen LogP contribution in [0.15, 0.2) is 42.5 Å². The number of hydrogen-bond acceptors (Lipinski definition) is 4. The Bertz CT molecular complexity index is 645. The Kier molecular flexibility index (Phi) is 4.30. The number of carbonyl (C=O) groups is 1. The molecular weight excluding hydrogens is 254 g/mol. The summed E-state index contributed by atoms with van der Waals surface area (Å²) in [5.41, 5.74) is 1.80. The number of rotatable bonds is 4. The van der Waals surface area contributed by atoms with E-state index >= 15 is 0 Å². The first kappa shape index (κ1) is 13.6. The number of nitrogens with zero attached hydrogens (tertiary/aromatic N) is 2. The topological polar surface area (TPSA) is 75.0 Å². The van der Waals surface area contributed by atoms with Crippen molar-refractivity contribution in [2.45, 2.75) is 6.92 Å². The van der Waals surface area contributed by atoms with E-state index in [1.165, 1.54) is 0 Å². The minimum absolute atomic E-state index is 0.00107. The average Bonchev–Trinajstić information content (AvgIpc) is 2.46. The Morgan fingerprint density at radius 2 is 2.05 bits per heavy atom. The van der Waals surface area contributed by atoms with Gasteiger partial charge in [-0.3, -0.25) is 4.79 Å². The number of amides is 1. The molecule has 5 nitrogen and oxygen atoms in total. The van der Waals surface area contributed by atoms with Crippen molar-refractivity contribution in [1.29, 1.82) is 5.26 Å². The molecule has 0 unspecified atom stereocenters. The quantitative estimate of drug-likeness (QED) is 0.923. The predicted molar refractivity (Wildman–Crippen MR) is 74.5 cm³/mol. The minimum Gasteiger partial charge on any atom is -0.479 e. The number of aryl methyl sites for hydroxylation is 1. The molecule has 1 heterocycles. The third-order valence-electron chi connectivity index (χ3n) is 2.54. The zero-order valence-electron chi connectivity index (χ0n) is 11.0. The number of pyridine rings is 1. The maximum absolute atomic E-state index is 12.0. The molecule has 1 aromatic carbocycles. The van der Waals surface area contributed by atoms with Crippen molar-refractivity contribution in [3.63, 3.8) is 0 Å². The molecule has 0 saturated carbocycles. The first-order valence-corrected chi connectivity index (χ1v) is 6.04. The molecule has 0 aliphatic carbocycles. The molecule has 1 aromatic heterocycles. The number of hydrogen-bond donors (Lipinski definition) is 1. The van der Waals surface area contributed by atoms with Crippen LogP contribution in [0.2, 0.25) is 0 Å². The lowest BCUT2D eigenvalue weighted by molar-refractivity contribution is 0.102. The molecule has 1 amide bonds. The summed E-state index contributed by atoms with van der Waals surface area (Å²) in [6, 6.07) is 14.0. The van der Waals surface area contributed by atoms with Crippen molar-refractivity contribution in [2.75, 3.05) is 11.9 Å². The zero-order chi connectivity index (χ0) is 14.4. The van der Waals surface area contributed by atoms with Gasteiger partial charge < -0.3 is 10.1 Å².